The van der Waals surface area contributed by atoms with Gasteiger partial charge in [-0.15, -0.1) is 0 Å². The normalized spacial score (nSPS) is 34.1. The van der Waals surface area contributed by atoms with Crippen LogP contribution in [0, 0.1) is 5.92 Å². The molecule has 86 valence electrons. The average molecular weight is 248 g/mol. The molecule has 2 unspecified atom stereocenters. The van der Waals surface area contributed by atoms with Crippen LogP contribution in [0.1, 0.15) is 13.3 Å². The van der Waals surface area contributed by atoms with Crippen molar-refractivity contribution in [3.8, 4) is 0 Å². The molecule has 2 aliphatic rings. The van der Waals surface area contributed by atoms with Crippen LogP contribution in [-0.2, 0) is 9.84 Å². The first kappa shape index (κ1) is 11.3. The van der Waals surface area contributed by atoms with E-state index < -0.39 is 9.84 Å². The maximum atomic E-state index is 11.2. The fraction of sp³-hybridized carbons (Fsp3) is 0.889. The third-order valence-electron chi connectivity index (χ3n) is 2.67. The number of nitrogens with one attached hydrogen (secondary N) is 1. The van der Waals surface area contributed by atoms with Gasteiger partial charge in [0.1, 0.15) is 0 Å². The molecule has 0 aromatic rings. The van der Waals surface area contributed by atoms with Gasteiger partial charge in [-0.25, -0.2) is 8.42 Å². The highest BCUT2D eigenvalue weighted by molar-refractivity contribution is 8.14. The Kier molecular flexibility index (Phi) is 3.25. The number of nitrogens with zero attached hydrogens (tertiary/aromatic N) is 1. The lowest BCUT2D eigenvalue weighted by atomic mass is 10.1. The second-order valence-corrected chi connectivity index (χ2v) is 7.88. The van der Waals surface area contributed by atoms with Gasteiger partial charge in [-0.3, -0.25) is 4.99 Å². The first-order valence-electron chi connectivity index (χ1n) is 5.20. The number of rotatable bonds is 2. The van der Waals surface area contributed by atoms with Gasteiger partial charge in [0.2, 0.25) is 0 Å². The van der Waals surface area contributed by atoms with E-state index in [4.69, 9.17) is 0 Å². The average Bonchev–Trinajstić information content (AvgIpc) is 2.69. The molecule has 0 bridgehead atoms. The minimum absolute atomic E-state index is 0.272. The number of sulfone groups is 1. The van der Waals surface area contributed by atoms with Crippen LogP contribution >= 0.6 is 11.8 Å². The molecule has 0 aromatic carbocycles. The van der Waals surface area contributed by atoms with Gasteiger partial charge in [-0.2, -0.15) is 0 Å². The second kappa shape index (κ2) is 4.33. The summed E-state index contributed by atoms with van der Waals surface area (Å²) in [5.74, 6) is 0.970. The van der Waals surface area contributed by atoms with Crippen molar-refractivity contribution in [2.45, 2.75) is 18.6 Å². The van der Waals surface area contributed by atoms with Gasteiger partial charge >= 0.3 is 0 Å². The van der Waals surface area contributed by atoms with Crippen LogP contribution in [0.4, 0.5) is 0 Å². The largest absolute Gasteiger partial charge is 0.365 e. The second-order valence-electron chi connectivity index (χ2n) is 4.22. The highest BCUT2D eigenvalue weighted by Crippen LogP contribution is 2.21. The molecule has 2 aliphatic heterocycles. The molecule has 2 heterocycles. The van der Waals surface area contributed by atoms with Crippen LogP contribution in [0.2, 0.25) is 0 Å². The minimum Gasteiger partial charge on any atom is -0.365 e. The fourth-order valence-electron chi connectivity index (χ4n) is 1.84. The molecule has 0 amide bonds. The predicted molar refractivity (Wildman–Crippen MR) is 64.1 cm³/mol. The van der Waals surface area contributed by atoms with Crippen molar-refractivity contribution in [1.29, 1.82) is 0 Å². The Bertz CT molecular complexity index is 364. The van der Waals surface area contributed by atoms with Gasteiger partial charge in [0.25, 0.3) is 0 Å². The summed E-state index contributed by atoms with van der Waals surface area (Å²) < 4.78 is 22.5. The van der Waals surface area contributed by atoms with Crippen molar-refractivity contribution >= 4 is 26.8 Å². The van der Waals surface area contributed by atoms with E-state index in [0.717, 1.165) is 24.7 Å². The van der Waals surface area contributed by atoms with Crippen LogP contribution in [0.3, 0.4) is 0 Å². The van der Waals surface area contributed by atoms with E-state index >= 15 is 0 Å². The van der Waals surface area contributed by atoms with Crippen LogP contribution < -0.4 is 5.32 Å². The summed E-state index contributed by atoms with van der Waals surface area (Å²) in [7, 11) is -2.74. The van der Waals surface area contributed by atoms with Crippen molar-refractivity contribution in [2.24, 2.45) is 10.9 Å². The van der Waals surface area contributed by atoms with E-state index in [-0.39, 0.29) is 5.92 Å². The third kappa shape index (κ3) is 3.11. The zero-order chi connectivity index (χ0) is 10.9. The minimum atomic E-state index is -2.74. The van der Waals surface area contributed by atoms with Crippen LogP contribution in [0.25, 0.3) is 0 Å². The van der Waals surface area contributed by atoms with Gasteiger partial charge in [0.15, 0.2) is 15.0 Å². The molecule has 0 radical (unpaired) electrons. The van der Waals surface area contributed by atoms with Gasteiger partial charge in [0, 0.05) is 11.8 Å². The van der Waals surface area contributed by atoms with Gasteiger partial charge in [0.05, 0.1) is 18.1 Å². The van der Waals surface area contributed by atoms with Crippen molar-refractivity contribution in [3.63, 3.8) is 0 Å². The van der Waals surface area contributed by atoms with Gasteiger partial charge < -0.3 is 5.32 Å². The molecule has 6 heteroatoms. The number of amidine groups is 1. The Morgan fingerprint density at radius 1 is 1.60 bits per heavy atom. The highest BCUT2D eigenvalue weighted by Gasteiger charge is 2.28. The molecular weight excluding hydrogens is 232 g/mol. The quantitative estimate of drug-likeness (QED) is 0.773. The van der Waals surface area contributed by atoms with Crippen LogP contribution in [-0.4, -0.2) is 43.4 Å². The predicted octanol–water partition coefficient (Wildman–Crippen LogP) is 0.502. The number of hydrogen-bond donors (Lipinski definition) is 1. The first-order valence-corrected chi connectivity index (χ1v) is 7.91. The topological polar surface area (TPSA) is 58.5 Å². The van der Waals surface area contributed by atoms with Crippen LogP contribution in [0.5, 0.6) is 0 Å². The summed E-state index contributed by atoms with van der Waals surface area (Å²) >= 11 is 1.74. The summed E-state index contributed by atoms with van der Waals surface area (Å²) in [4.78, 5) is 4.33. The van der Waals surface area contributed by atoms with E-state index in [0.29, 0.717) is 16.8 Å². The number of hydrogen-bond acceptors (Lipinski definition) is 5. The summed E-state index contributed by atoms with van der Waals surface area (Å²) in [6.45, 7) is 3.76. The molecular formula is C9H16N2O2S2. The zero-order valence-electron chi connectivity index (χ0n) is 8.77. The molecule has 0 aromatic heterocycles. The lowest BCUT2D eigenvalue weighted by Gasteiger charge is -2.10. The van der Waals surface area contributed by atoms with E-state index in [9.17, 15) is 8.42 Å². The van der Waals surface area contributed by atoms with Crippen molar-refractivity contribution in [1.82, 2.24) is 5.32 Å². The smallest absolute Gasteiger partial charge is 0.156 e. The monoisotopic (exact) mass is 248 g/mol. The summed E-state index contributed by atoms with van der Waals surface area (Å²) in [6.07, 6.45) is 0.794. The fourth-order valence-corrected chi connectivity index (χ4v) is 4.55. The Morgan fingerprint density at radius 2 is 2.40 bits per heavy atom. The standard InChI is InChI=1S/C9H16N2O2S2/c1-7-4-10-9(14-7)11-5-8-2-3-15(12,13)6-8/h7-8H,2-6H2,1H3,(H,10,11). The zero-order valence-corrected chi connectivity index (χ0v) is 10.4. The Hall–Kier alpha value is -0.230. The summed E-state index contributed by atoms with van der Waals surface area (Å²) in [6, 6.07) is 0. The number of thioether (sulfide) groups is 1. The Morgan fingerprint density at radius 3 is 2.93 bits per heavy atom. The molecule has 4 nitrogen and oxygen atoms in total. The van der Waals surface area contributed by atoms with Crippen molar-refractivity contribution in [3.05, 3.63) is 0 Å². The van der Waals surface area contributed by atoms with Crippen molar-refractivity contribution in [2.75, 3.05) is 24.6 Å². The van der Waals surface area contributed by atoms with Crippen LogP contribution in [0.15, 0.2) is 4.99 Å². The van der Waals surface area contributed by atoms with Gasteiger partial charge in [-0.1, -0.05) is 18.7 Å². The SMILES string of the molecule is CC1CN=C(NCC2CCS(=O)(=O)C2)S1. The Balaban J connectivity index is 1.76. The summed E-state index contributed by atoms with van der Waals surface area (Å²) in [5.41, 5.74) is 0. The molecule has 0 spiro atoms. The van der Waals surface area contributed by atoms with E-state index in [1.165, 1.54) is 0 Å². The first-order chi connectivity index (χ1) is 7.05. The molecule has 2 rings (SSSR count). The molecule has 1 fully saturated rings. The highest BCUT2D eigenvalue weighted by atomic mass is 32.2. The molecule has 0 aliphatic carbocycles. The Labute approximate surface area is 94.8 Å². The maximum absolute atomic E-state index is 11.2. The molecule has 15 heavy (non-hydrogen) atoms. The maximum Gasteiger partial charge on any atom is 0.156 e. The molecule has 1 saturated heterocycles. The lowest BCUT2D eigenvalue weighted by Crippen LogP contribution is -2.27. The third-order valence-corrected chi connectivity index (χ3v) is 5.56. The number of aliphatic imine (C=N–C) groups is 1. The van der Waals surface area contributed by atoms with Crippen molar-refractivity contribution < 1.29 is 8.42 Å². The molecule has 1 N–H and O–H groups in total. The van der Waals surface area contributed by atoms with Gasteiger partial charge in [-0.05, 0) is 12.3 Å². The lowest BCUT2D eigenvalue weighted by molar-refractivity contribution is 0.574. The van der Waals surface area contributed by atoms with E-state index in [1.807, 2.05) is 0 Å². The van der Waals surface area contributed by atoms with E-state index in [1.54, 1.807) is 11.8 Å². The molecule has 2 atom stereocenters. The van der Waals surface area contributed by atoms with E-state index in [2.05, 4.69) is 17.2 Å². The summed E-state index contributed by atoms with van der Waals surface area (Å²) in [5, 5.41) is 4.77. The molecule has 0 saturated carbocycles.